The molecule has 1 heterocycles. The summed E-state index contributed by atoms with van der Waals surface area (Å²) >= 11 is 4.12. The van der Waals surface area contributed by atoms with E-state index in [9.17, 15) is 9.59 Å². The van der Waals surface area contributed by atoms with Crippen molar-refractivity contribution >= 4 is 35.4 Å². The van der Waals surface area contributed by atoms with Gasteiger partial charge in [-0.25, -0.2) is 0 Å². The third-order valence-corrected chi connectivity index (χ3v) is 14.0. The van der Waals surface area contributed by atoms with Crippen LogP contribution in [0.1, 0.15) is 90.9 Å². The Labute approximate surface area is 219 Å². The molecule has 4 nitrogen and oxygen atoms in total. The number of amides is 1. The maximum Gasteiger partial charge on any atom is 0.303 e. The van der Waals surface area contributed by atoms with E-state index in [0.717, 1.165) is 35.5 Å². The van der Waals surface area contributed by atoms with E-state index < -0.39 is 0 Å². The fourth-order valence-corrected chi connectivity index (χ4v) is 14.8. The van der Waals surface area contributed by atoms with Gasteiger partial charge in [0.05, 0.1) is 5.37 Å². The number of esters is 1. The van der Waals surface area contributed by atoms with Crippen molar-refractivity contribution in [2.45, 2.75) is 117 Å². The fraction of sp³-hybridized carbons (Fsp3) is 0.862. The fourth-order valence-electron chi connectivity index (χ4n) is 10.4. The Bertz CT molecular complexity index is 860. The summed E-state index contributed by atoms with van der Waals surface area (Å²) in [4.78, 5) is 27.6. The Kier molecular flexibility index (Phi) is 5.67. The smallest absolute Gasteiger partial charge is 0.303 e. The first-order valence-electron chi connectivity index (χ1n) is 14.3. The SMILES string of the molecule is CC(=O)O[C@H]1C=C[C@@H](SC23CC4CC(CC(C4)C2)C3)N(C(C)=O)[C@H]1SC12CC3CC(CC(C3)C1)C2. The first-order valence-corrected chi connectivity index (χ1v) is 16.0. The highest BCUT2D eigenvalue weighted by Crippen LogP contribution is 2.64. The predicted octanol–water partition coefficient (Wildman–Crippen LogP) is 6.39. The van der Waals surface area contributed by atoms with E-state index in [1.807, 2.05) is 11.8 Å². The van der Waals surface area contributed by atoms with Crippen LogP contribution in [-0.4, -0.2) is 43.1 Å². The number of hydrogen-bond acceptors (Lipinski definition) is 5. The molecule has 1 amide bonds. The third kappa shape index (κ3) is 4.21. The van der Waals surface area contributed by atoms with Gasteiger partial charge in [-0.15, -0.1) is 23.5 Å². The molecule has 0 aromatic rings. The van der Waals surface area contributed by atoms with E-state index in [0.29, 0.717) is 4.75 Å². The van der Waals surface area contributed by atoms with Crippen LogP contribution in [0.3, 0.4) is 0 Å². The van der Waals surface area contributed by atoms with E-state index in [2.05, 4.69) is 28.8 Å². The highest BCUT2D eigenvalue weighted by molar-refractivity contribution is 8.02. The monoisotopic (exact) mass is 515 g/mol. The minimum atomic E-state index is -0.345. The summed E-state index contributed by atoms with van der Waals surface area (Å²) in [6.07, 6.45) is 20.4. The number of carbonyl (C=O) groups is 2. The zero-order valence-corrected chi connectivity index (χ0v) is 23.0. The molecule has 3 atom stereocenters. The van der Waals surface area contributed by atoms with Crippen molar-refractivity contribution in [3.63, 3.8) is 0 Å². The number of rotatable bonds is 5. The minimum Gasteiger partial charge on any atom is -0.455 e. The van der Waals surface area contributed by atoms with Crippen LogP contribution in [0, 0.1) is 35.5 Å². The summed E-state index contributed by atoms with van der Waals surface area (Å²) in [5.41, 5.74) is 0. The summed E-state index contributed by atoms with van der Waals surface area (Å²) < 4.78 is 6.48. The van der Waals surface area contributed by atoms with Crippen molar-refractivity contribution in [1.82, 2.24) is 4.90 Å². The van der Waals surface area contributed by atoms with E-state index in [-0.39, 0.29) is 33.5 Å². The molecule has 0 aromatic heterocycles. The van der Waals surface area contributed by atoms with Crippen LogP contribution < -0.4 is 0 Å². The molecule has 192 valence electrons. The van der Waals surface area contributed by atoms with Crippen molar-refractivity contribution in [1.29, 1.82) is 0 Å². The molecule has 1 aliphatic heterocycles. The van der Waals surface area contributed by atoms with Gasteiger partial charge in [0, 0.05) is 23.3 Å². The van der Waals surface area contributed by atoms with Crippen molar-refractivity contribution < 1.29 is 14.3 Å². The van der Waals surface area contributed by atoms with Crippen molar-refractivity contribution in [3.05, 3.63) is 12.2 Å². The second-order valence-corrected chi connectivity index (χ2v) is 16.8. The van der Waals surface area contributed by atoms with E-state index in [1.165, 1.54) is 84.0 Å². The number of hydrogen-bond donors (Lipinski definition) is 0. The van der Waals surface area contributed by atoms with Gasteiger partial charge in [-0.1, -0.05) is 6.08 Å². The second-order valence-electron chi connectivity index (χ2n) is 13.6. The molecular weight excluding hydrogens is 474 g/mol. The highest BCUT2D eigenvalue weighted by atomic mass is 32.2. The molecule has 6 heteroatoms. The van der Waals surface area contributed by atoms with Crippen LogP contribution in [0.2, 0.25) is 0 Å². The maximum atomic E-state index is 13.3. The Morgan fingerprint density at radius 3 is 1.54 bits per heavy atom. The lowest BCUT2D eigenvalue weighted by molar-refractivity contribution is -0.148. The lowest BCUT2D eigenvalue weighted by atomic mass is 9.56. The summed E-state index contributed by atoms with van der Waals surface area (Å²) in [5.74, 6) is 5.19. The van der Waals surface area contributed by atoms with Gasteiger partial charge in [-0.05, 0) is 119 Å². The average Bonchev–Trinajstić information content (AvgIpc) is 2.72. The molecule has 0 aromatic carbocycles. The predicted molar refractivity (Wildman–Crippen MR) is 142 cm³/mol. The number of nitrogens with zero attached hydrogens (tertiary/aromatic N) is 1. The second kappa shape index (κ2) is 8.44. The molecule has 8 fully saturated rings. The first kappa shape index (κ1) is 23.5. The molecule has 0 unspecified atom stereocenters. The lowest BCUT2D eigenvalue weighted by Crippen LogP contribution is -2.57. The van der Waals surface area contributed by atoms with Crippen LogP contribution in [0.5, 0.6) is 0 Å². The van der Waals surface area contributed by atoms with Crippen LogP contribution in [0.25, 0.3) is 0 Å². The molecule has 0 saturated heterocycles. The van der Waals surface area contributed by atoms with Crippen LogP contribution in [0.15, 0.2) is 12.2 Å². The van der Waals surface area contributed by atoms with E-state index in [1.54, 1.807) is 6.92 Å². The molecule has 9 aliphatic rings. The number of thioether (sulfide) groups is 2. The quantitative estimate of drug-likeness (QED) is 0.313. The Balaban J connectivity index is 1.18. The van der Waals surface area contributed by atoms with Crippen LogP contribution in [-0.2, 0) is 14.3 Å². The van der Waals surface area contributed by atoms with Crippen molar-refractivity contribution in [2.75, 3.05) is 0 Å². The summed E-state index contributed by atoms with van der Waals surface area (Å²) in [7, 11) is 0. The highest BCUT2D eigenvalue weighted by Gasteiger charge is 2.56. The maximum absolute atomic E-state index is 13.3. The van der Waals surface area contributed by atoms with Gasteiger partial charge in [0.25, 0.3) is 0 Å². The zero-order valence-electron chi connectivity index (χ0n) is 21.3. The van der Waals surface area contributed by atoms with Gasteiger partial charge >= 0.3 is 5.97 Å². The van der Waals surface area contributed by atoms with Crippen LogP contribution >= 0.6 is 23.5 Å². The third-order valence-electron chi connectivity index (χ3n) is 10.7. The van der Waals surface area contributed by atoms with E-state index in [4.69, 9.17) is 4.74 Å². The molecule has 0 N–H and O–H groups in total. The van der Waals surface area contributed by atoms with Gasteiger partial charge in [0.15, 0.2) is 0 Å². The molecule has 0 radical (unpaired) electrons. The Morgan fingerprint density at radius 2 is 1.14 bits per heavy atom. The molecule has 35 heavy (non-hydrogen) atoms. The van der Waals surface area contributed by atoms with Gasteiger partial charge in [0.1, 0.15) is 11.5 Å². The first-order chi connectivity index (χ1) is 16.8. The minimum absolute atomic E-state index is 0.0574. The summed E-state index contributed by atoms with van der Waals surface area (Å²) in [5, 5.41) is -0.0500. The Morgan fingerprint density at radius 1 is 0.714 bits per heavy atom. The van der Waals surface area contributed by atoms with Crippen molar-refractivity contribution in [2.24, 2.45) is 35.5 Å². The van der Waals surface area contributed by atoms with Crippen LogP contribution in [0.4, 0.5) is 0 Å². The van der Waals surface area contributed by atoms with Gasteiger partial charge < -0.3 is 9.64 Å². The standard InChI is InChI=1S/C29H41NO3S2/c1-17(31)30-26(34-28-11-19-5-20(12-28)7-21(6-19)13-28)4-3-25(33-18(2)32)27(30)35-29-14-22-8-23(15-29)10-24(9-22)16-29/h3-4,19-27H,5-16H2,1-2H3/t19?,20?,21?,22?,23?,24?,25-,26+,27-,28?,29?/m0/s1. The summed E-state index contributed by atoms with van der Waals surface area (Å²) in [6, 6.07) is 0. The van der Waals surface area contributed by atoms with Gasteiger partial charge in [-0.2, -0.15) is 0 Å². The normalized spacial score (nSPS) is 51.1. The topological polar surface area (TPSA) is 46.6 Å². The molecule has 8 bridgehead atoms. The molecule has 8 saturated carbocycles. The Hall–Kier alpha value is -0.620. The number of carbonyl (C=O) groups excluding carboxylic acids is 2. The lowest BCUT2D eigenvalue weighted by Gasteiger charge is -2.59. The van der Waals surface area contributed by atoms with Gasteiger partial charge in [0.2, 0.25) is 5.91 Å². The number of ether oxygens (including phenoxy) is 1. The average molecular weight is 516 g/mol. The van der Waals surface area contributed by atoms with Crippen molar-refractivity contribution in [3.8, 4) is 0 Å². The molecule has 8 aliphatic carbocycles. The van der Waals surface area contributed by atoms with Gasteiger partial charge in [-0.3, -0.25) is 9.59 Å². The molecular formula is C29H41NO3S2. The largest absolute Gasteiger partial charge is 0.455 e. The summed E-state index contributed by atoms with van der Waals surface area (Å²) in [6.45, 7) is 3.25. The van der Waals surface area contributed by atoms with E-state index >= 15 is 0 Å². The zero-order chi connectivity index (χ0) is 23.9. The molecule has 0 spiro atoms. The molecule has 9 rings (SSSR count).